The van der Waals surface area contributed by atoms with E-state index in [1.54, 1.807) is 24.3 Å². The topological polar surface area (TPSA) is 62.5 Å². The predicted molar refractivity (Wildman–Crippen MR) is 65.6 cm³/mol. The number of ether oxygens (including phenoxy) is 1. The Morgan fingerprint density at radius 2 is 2.12 bits per heavy atom. The Morgan fingerprint density at radius 3 is 2.65 bits per heavy atom. The molecule has 1 aromatic carbocycles. The molecular formula is C12H9BN2O2. The third kappa shape index (κ3) is 2.26. The van der Waals surface area contributed by atoms with Gasteiger partial charge in [0.25, 0.3) is 0 Å². The summed E-state index contributed by atoms with van der Waals surface area (Å²) in [7, 11) is 1.35. The Hall–Kier alpha value is -2.35. The number of carbonyl (C=O) groups is 1. The first kappa shape index (κ1) is 11.1. The molecule has 0 N–H and O–H groups in total. The van der Waals surface area contributed by atoms with Crippen LogP contribution in [0.5, 0.6) is 0 Å². The molecular weight excluding hydrogens is 215 g/mol. The second-order valence-corrected chi connectivity index (χ2v) is 3.54. The smallest absolute Gasteiger partial charge is 0.422 e. The van der Waals surface area contributed by atoms with Crippen molar-refractivity contribution < 1.29 is 9.53 Å². The molecule has 5 heteroatoms. The van der Waals surface area contributed by atoms with Crippen LogP contribution in [0.1, 0.15) is 15.9 Å². The second kappa shape index (κ2) is 4.66. The molecule has 0 amide bonds. The van der Waals surface area contributed by atoms with Crippen LogP contribution in [0.4, 0.5) is 0 Å². The molecule has 0 saturated carbocycles. The van der Waals surface area contributed by atoms with Crippen LogP contribution in [0.25, 0.3) is 5.57 Å². The molecule has 0 bridgehead atoms. The third-order valence-electron chi connectivity index (χ3n) is 2.48. The van der Waals surface area contributed by atoms with Gasteiger partial charge in [0.1, 0.15) is 0 Å². The summed E-state index contributed by atoms with van der Waals surface area (Å²) in [5, 5.41) is 8.71. The first-order valence-electron chi connectivity index (χ1n) is 5.08. The van der Waals surface area contributed by atoms with E-state index in [0.29, 0.717) is 5.56 Å². The molecule has 0 radical (unpaired) electrons. The van der Waals surface area contributed by atoms with E-state index in [0.717, 1.165) is 11.1 Å². The number of methoxy groups -OCH3 is 1. The van der Waals surface area contributed by atoms with Gasteiger partial charge in [-0.25, -0.2) is 10.1 Å². The molecule has 0 unspecified atom stereocenters. The van der Waals surface area contributed by atoms with Gasteiger partial charge in [-0.05, 0) is 23.3 Å². The van der Waals surface area contributed by atoms with Crippen LogP contribution in [-0.2, 0) is 4.74 Å². The molecule has 0 fully saturated rings. The van der Waals surface area contributed by atoms with Gasteiger partial charge in [-0.15, -0.1) is 0 Å². The number of nitriles is 1. The van der Waals surface area contributed by atoms with Crippen LogP contribution in [0.15, 0.2) is 35.1 Å². The first-order valence-corrected chi connectivity index (χ1v) is 5.08. The average Bonchev–Trinajstić information content (AvgIpc) is 2.87. The number of hydrogen-bond donors (Lipinski definition) is 0. The highest BCUT2D eigenvalue weighted by Gasteiger charge is 2.16. The van der Waals surface area contributed by atoms with Gasteiger partial charge in [0.15, 0.2) is 0 Å². The molecule has 2 rings (SSSR count). The summed E-state index contributed by atoms with van der Waals surface area (Å²) in [6.07, 6.45) is 1.67. The molecule has 1 heterocycles. The van der Waals surface area contributed by atoms with Crippen molar-refractivity contribution in [3.63, 3.8) is 0 Å². The fourth-order valence-corrected chi connectivity index (χ4v) is 1.57. The summed E-state index contributed by atoms with van der Waals surface area (Å²) in [5.74, 6) is 3.48. The predicted octanol–water partition coefficient (Wildman–Crippen LogP) is 1.53. The summed E-state index contributed by atoms with van der Waals surface area (Å²) in [6.45, 7) is -0.398. The van der Waals surface area contributed by atoms with E-state index >= 15 is 0 Å². The summed E-state index contributed by atoms with van der Waals surface area (Å²) in [6, 6.07) is 7.00. The molecule has 0 aliphatic carbocycles. The lowest BCUT2D eigenvalue weighted by Gasteiger charge is -2.01. The van der Waals surface area contributed by atoms with E-state index in [4.69, 9.17) is 5.26 Å². The van der Waals surface area contributed by atoms with Crippen LogP contribution in [-0.4, -0.2) is 26.1 Å². The molecule has 0 atom stereocenters. The van der Waals surface area contributed by atoms with Crippen LogP contribution in [0.3, 0.4) is 0 Å². The van der Waals surface area contributed by atoms with E-state index < -0.39 is 6.85 Å². The van der Waals surface area contributed by atoms with Crippen molar-refractivity contribution in [3.8, 4) is 5.97 Å². The van der Waals surface area contributed by atoms with Crippen LogP contribution >= 0.6 is 0 Å². The van der Waals surface area contributed by atoms with Crippen LogP contribution < -0.4 is 0 Å². The van der Waals surface area contributed by atoms with Gasteiger partial charge in [-0.1, -0.05) is 18.1 Å². The highest BCUT2D eigenvalue weighted by molar-refractivity contribution is 6.75. The standard InChI is InChI=1S/C12H9BN2O2/c1-17-12(16)10-4-2-9(3-5-10)11-6-13(8-14)15-7-11/h2-7H,1H3. The number of allylic oxidation sites excluding steroid dienone is 1. The van der Waals surface area contributed by atoms with E-state index in [1.165, 1.54) is 7.11 Å². The minimum atomic E-state index is -0.398. The Kier molecular flexibility index (Phi) is 3.06. The number of carbonyl (C=O) groups excluding carboxylic acids is 1. The number of nitrogens with zero attached hydrogens (tertiary/aromatic N) is 2. The third-order valence-corrected chi connectivity index (χ3v) is 2.48. The van der Waals surface area contributed by atoms with Gasteiger partial charge < -0.3 is 9.64 Å². The summed E-state index contributed by atoms with van der Waals surface area (Å²) in [4.78, 5) is 15.3. The molecule has 0 spiro atoms. The van der Waals surface area contributed by atoms with Gasteiger partial charge in [0.05, 0.1) is 12.7 Å². The molecule has 1 aliphatic heterocycles. The minimum absolute atomic E-state index is 0.361. The SMILES string of the molecule is COC(=O)c1ccc(C2=CB(C#N)N=C2)cc1. The molecule has 4 nitrogen and oxygen atoms in total. The van der Waals surface area contributed by atoms with Crippen LogP contribution in [0, 0.1) is 11.2 Å². The normalized spacial score (nSPS) is 13.2. The lowest BCUT2D eigenvalue weighted by molar-refractivity contribution is 0.0601. The molecule has 82 valence electrons. The average molecular weight is 224 g/mol. The van der Waals surface area contributed by atoms with Crippen molar-refractivity contribution in [2.45, 2.75) is 0 Å². The Balaban J connectivity index is 2.23. The van der Waals surface area contributed by atoms with Crippen molar-refractivity contribution in [2.24, 2.45) is 4.90 Å². The van der Waals surface area contributed by atoms with Crippen molar-refractivity contribution in [2.75, 3.05) is 7.11 Å². The van der Waals surface area contributed by atoms with Crippen LogP contribution in [0.2, 0.25) is 0 Å². The van der Waals surface area contributed by atoms with E-state index in [9.17, 15) is 4.79 Å². The van der Waals surface area contributed by atoms with Gasteiger partial charge in [-0.2, -0.15) is 0 Å². The Bertz CT molecular complexity index is 541. The zero-order chi connectivity index (χ0) is 12.3. The van der Waals surface area contributed by atoms with Gasteiger partial charge in [0.2, 0.25) is 0 Å². The number of hydrogen-bond acceptors (Lipinski definition) is 4. The maximum Gasteiger partial charge on any atom is 0.422 e. The fraction of sp³-hybridized carbons (Fsp3) is 0.0833. The number of rotatable bonds is 2. The number of esters is 1. The zero-order valence-corrected chi connectivity index (χ0v) is 9.25. The van der Waals surface area contributed by atoms with Gasteiger partial charge in [-0.3, -0.25) is 0 Å². The monoisotopic (exact) mass is 224 g/mol. The zero-order valence-electron chi connectivity index (χ0n) is 9.25. The van der Waals surface area contributed by atoms with E-state index in [2.05, 4.69) is 15.6 Å². The lowest BCUT2D eigenvalue weighted by Crippen LogP contribution is -2.00. The quantitative estimate of drug-likeness (QED) is 0.565. The maximum absolute atomic E-state index is 11.2. The summed E-state index contributed by atoms with van der Waals surface area (Å²) in [5.41, 5.74) is 2.33. The largest absolute Gasteiger partial charge is 0.465 e. The second-order valence-electron chi connectivity index (χ2n) is 3.54. The van der Waals surface area contributed by atoms with Crippen molar-refractivity contribution >= 4 is 24.6 Å². The molecule has 0 saturated heterocycles. The number of benzene rings is 1. The van der Waals surface area contributed by atoms with Crippen molar-refractivity contribution in [1.82, 2.24) is 0 Å². The molecule has 1 aromatic rings. The summed E-state index contributed by atoms with van der Waals surface area (Å²) >= 11 is 0. The fourth-order valence-electron chi connectivity index (χ4n) is 1.57. The Labute approximate surface area is 99.3 Å². The van der Waals surface area contributed by atoms with Crippen molar-refractivity contribution in [3.05, 3.63) is 41.4 Å². The molecule has 1 aliphatic rings. The van der Waals surface area contributed by atoms with Gasteiger partial charge >= 0.3 is 12.8 Å². The highest BCUT2D eigenvalue weighted by atomic mass is 16.5. The maximum atomic E-state index is 11.2. The Morgan fingerprint density at radius 1 is 1.41 bits per heavy atom. The van der Waals surface area contributed by atoms with E-state index in [-0.39, 0.29) is 5.97 Å². The first-order chi connectivity index (χ1) is 8.24. The lowest BCUT2D eigenvalue weighted by atomic mass is 9.66. The molecule has 0 aromatic heterocycles. The van der Waals surface area contributed by atoms with Gasteiger partial charge in [0, 0.05) is 12.2 Å². The molecule has 17 heavy (non-hydrogen) atoms. The van der Waals surface area contributed by atoms with Crippen molar-refractivity contribution in [1.29, 1.82) is 5.26 Å². The highest BCUT2D eigenvalue weighted by Crippen LogP contribution is 2.18. The van der Waals surface area contributed by atoms with E-state index in [1.807, 2.05) is 12.1 Å². The minimum Gasteiger partial charge on any atom is -0.465 e. The summed E-state index contributed by atoms with van der Waals surface area (Å²) < 4.78 is 4.61.